The second-order valence-corrected chi connectivity index (χ2v) is 10.5. The van der Waals surface area contributed by atoms with Crippen molar-refractivity contribution in [2.45, 2.75) is 9.79 Å². The number of hydrogen-bond donors (Lipinski definition) is 2. The molecule has 0 aromatic heterocycles. The Hall–Kier alpha value is -2.47. The molecule has 29 heavy (non-hydrogen) atoms. The summed E-state index contributed by atoms with van der Waals surface area (Å²) in [6.07, 6.45) is 0.986. The fourth-order valence-corrected chi connectivity index (χ4v) is 6.21. The van der Waals surface area contributed by atoms with Crippen LogP contribution in [0.15, 0.2) is 58.3 Å². The van der Waals surface area contributed by atoms with Gasteiger partial charge >= 0.3 is 0 Å². The van der Waals surface area contributed by atoms with Crippen molar-refractivity contribution in [1.82, 2.24) is 9.79 Å². The Bertz CT molecular complexity index is 1110. The van der Waals surface area contributed by atoms with Gasteiger partial charge in [0.2, 0.25) is 10.0 Å². The monoisotopic (exact) mass is 439 g/mol. The molecule has 2 aromatic rings. The Morgan fingerprint density at radius 1 is 0.897 bits per heavy atom. The van der Waals surface area contributed by atoms with E-state index in [0.717, 1.165) is 11.9 Å². The second-order valence-electron chi connectivity index (χ2n) is 6.60. The van der Waals surface area contributed by atoms with Crippen molar-refractivity contribution in [1.29, 1.82) is 0 Å². The van der Waals surface area contributed by atoms with Crippen LogP contribution < -0.4 is 10.4 Å². The van der Waals surface area contributed by atoms with Gasteiger partial charge in [-0.05, 0) is 36.4 Å². The van der Waals surface area contributed by atoms with Crippen molar-refractivity contribution in [3.8, 4) is 0 Å². The minimum atomic E-state index is -3.96. The maximum absolute atomic E-state index is 13.0. The Labute approximate surface area is 169 Å². The van der Waals surface area contributed by atoms with Crippen LogP contribution in [0, 0.1) is 0 Å². The van der Waals surface area contributed by atoms with Crippen molar-refractivity contribution in [3.63, 3.8) is 0 Å². The highest BCUT2D eigenvalue weighted by Crippen LogP contribution is 2.26. The average Bonchev–Trinajstić information content (AvgIpc) is 2.73. The van der Waals surface area contributed by atoms with Gasteiger partial charge in [0, 0.05) is 43.7 Å². The molecule has 3 rings (SSSR count). The predicted molar refractivity (Wildman–Crippen MR) is 106 cm³/mol. The second kappa shape index (κ2) is 8.11. The van der Waals surface area contributed by atoms with Crippen LogP contribution in [0.3, 0.4) is 0 Å². The lowest BCUT2D eigenvalue weighted by Gasteiger charge is -2.35. The van der Waals surface area contributed by atoms with E-state index in [1.807, 2.05) is 4.90 Å². The van der Waals surface area contributed by atoms with Crippen molar-refractivity contribution in [2.24, 2.45) is 0 Å². The van der Waals surface area contributed by atoms with Gasteiger partial charge in [0.05, 0.1) is 4.90 Å². The number of carbonyl (C=O) groups excluding carboxylic acids is 1. The smallest absolute Gasteiger partial charge is 0.274 e. The van der Waals surface area contributed by atoms with E-state index in [0.29, 0.717) is 18.7 Å². The summed E-state index contributed by atoms with van der Waals surface area (Å²) in [5.41, 5.74) is 2.68. The number of hydroxylamine groups is 1. The first-order chi connectivity index (χ1) is 13.6. The maximum Gasteiger partial charge on any atom is 0.274 e. The number of benzene rings is 2. The van der Waals surface area contributed by atoms with Gasteiger partial charge in [-0.15, -0.1) is 0 Å². The lowest BCUT2D eigenvalue weighted by atomic mass is 10.2. The van der Waals surface area contributed by atoms with Gasteiger partial charge in [0.1, 0.15) is 4.90 Å². The normalized spacial score (nSPS) is 15.9. The molecule has 1 fully saturated rings. The van der Waals surface area contributed by atoms with Crippen molar-refractivity contribution < 1.29 is 26.8 Å². The molecule has 1 aliphatic rings. The molecule has 2 N–H and O–H groups in total. The molecule has 1 amide bonds. The number of nitrogens with one attached hydrogen (secondary N) is 1. The van der Waals surface area contributed by atoms with E-state index >= 15 is 0 Å². The molecule has 0 saturated carbocycles. The summed E-state index contributed by atoms with van der Waals surface area (Å²) in [4.78, 5) is 12.9. The van der Waals surface area contributed by atoms with E-state index in [1.165, 1.54) is 28.6 Å². The van der Waals surface area contributed by atoms with E-state index in [9.17, 15) is 21.6 Å². The highest BCUT2D eigenvalue weighted by Gasteiger charge is 2.32. The number of sulfonamides is 1. The molecule has 0 unspecified atom stereocenters. The number of carbonyl (C=O) groups is 1. The Balaban J connectivity index is 1.76. The first-order valence-electron chi connectivity index (χ1n) is 8.73. The summed E-state index contributed by atoms with van der Waals surface area (Å²) in [6, 6.07) is 12.2. The van der Waals surface area contributed by atoms with Crippen LogP contribution >= 0.6 is 0 Å². The van der Waals surface area contributed by atoms with Crippen LogP contribution in [-0.2, 0) is 19.9 Å². The number of piperazine rings is 1. The number of amides is 1. The van der Waals surface area contributed by atoms with E-state index in [2.05, 4.69) is 0 Å². The van der Waals surface area contributed by atoms with Crippen LogP contribution in [0.25, 0.3) is 0 Å². The van der Waals surface area contributed by atoms with Crippen molar-refractivity contribution in [3.05, 3.63) is 54.1 Å². The molecule has 1 heterocycles. The van der Waals surface area contributed by atoms with Crippen LogP contribution in [0.4, 0.5) is 5.69 Å². The largest absolute Gasteiger partial charge is 0.369 e. The number of rotatable bonds is 5. The van der Waals surface area contributed by atoms with Crippen molar-refractivity contribution in [2.75, 3.05) is 37.3 Å². The molecule has 0 spiro atoms. The van der Waals surface area contributed by atoms with Gasteiger partial charge in [-0.3, -0.25) is 10.0 Å². The van der Waals surface area contributed by atoms with Crippen molar-refractivity contribution >= 4 is 31.5 Å². The molecular formula is C18H21N3O6S2. The summed E-state index contributed by atoms with van der Waals surface area (Å²) in [5, 5.41) is 8.67. The van der Waals surface area contributed by atoms with Crippen LogP contribution in [0.5, 0.6) is 0 Å². The van der Waals surface area contributed by atoms with E-state index in [4.69, 9.17) is 5.21 Å². The van der Waals surface area contributed by atoms with Gasteiger partial charge in [0.25, 0.3) is 5.91 Å². The SMILES string of the molecule is CS(=O)(=O)c1ccccc1S(=O)(=O)N1CCN(c2ccc(C(=O)NO)cc2)CC1. The van der Waals surface area contributed by atoms with Gasteiger partial charge in [0.15, 0.2) is 9.84 Å². The number of anilines is 1. The Kier molecular flexibility index (Phi) is 5.94. The van der Waals surface area contributed by atoms with Crippen LogP contribution in [0.1, 0.15) is 10.4 Å². The fourth-order valence-electron chi connectivity index (χ4n) is 3.18. The summed E-state index contributed by atoms with van der Waals surface area (Å²) in [5.74, 6) is -0.614. The van der Waals surface area contributed by atoms with Crippen LogP contribution in [-0.4, -0.2) is 64.7 Å². The molecule has 0 atom stereocenters. The highest BCUT2D eigenvalue weighted by molar-refractivity contribution is 7.93. The zero-order chi connectivity index (χ0) is 21.2. The molecule has 2 aromatic carbocycles. The molecule has 11 heteroatoms. The molecular weight excluding hydrogens is 418 g/mol. The van der Waals surface area contributed by atoms with E-state index in [-0.39, 0.29) is 22.9 Å². The van der Waals surface area contributed by atoms with Crippen LogP contribution in [0.2, 0.25) is 0 Å². The third-order valence-electron chi connectivity index (χ3n) is 4.70. The molecule has 1 saturated heterocycles. The average molecular weight is 440 g/mol. The highest BCUT2D eigenvalue weighted by atomic mass is 32.2. The summed E-state index contributed by atoms with van der Waals surface area (Å²) < 4.78 is 51.3. The minimum Gasteiger partial charge on any atom is -0.369 e. The standard InChI is InChI=1S/C18H21N3O6S2/c1-28(24,25)16-4-2-3-5-17(16)29(26,27)21-12-10-20(11-13-21)15-8-6-14(7-9-15)18(22)19-23/h2-9,23H,10-13H2,1H3,(H,19,22). The third-order valence-corrected chi connectivity index (χ3v) is 7.94. The summed E-state index contributed by atoms with van der Waals surface area (Å²) in [6.45, 7) is 1.20. The lowest BCUT2D eigenvalue weighted by Crippen LogP contribution is -2.48. The number of hydrogen-bond acceptors (Lipinski definition) is 7. The Morgan fingerprint density at radius 3 is 1.97 bits per heavy atom. The maximum atomic E-state index is 13.0. The molecule has 0 aliphatic carbocycles. The zero-order valence-corrected chi connectivity index (χ0v) is 17.3. The predicted octanol–water partition coefficient (Wildman–Crippen LogP) is 0.720. The first kappa shape index (κ1) is 21.2. The summed E-state index contributed by atoms with van der Waals surface area (Å²) >= 11 is 0. The van der Waals surface area contributed by atoms with Gasteiger partial charge in [-0.2, -0.15) is 4.31 Å². The zero-order valence-electron chi connectivity index (χ0n) is 15.6. The molecule has 0 radical (unpaired) electrons. The van der Waals surface area contributed by atoms with Gasteiger partial charge in [-0.25, -0.2) is 22.3 Å². The van der Waals surface area contributed by atoms with E-state index in [1.54, 1.807) is 29.7 Å². The molecule has 9 nitrogen and oxygen atoms in total. The topological polar surface area (TPSA) is 124 Å². The molecule has 1 aliphatic heterocycles. The Morgan fingerprint density at radius 2 is 1.45 bits per heavy atom. The number of nitrogens with zero attached hydrogens (tertiary/aromatic N) is 2. The lowest BCUT2D eigenvalue weighted by molar-refractivity contribution is 0.0706. The fraction of sp³-hybridized carbons (Fsp3) is 0.278. The van der Waals surface area contributed by atoms with Gasteiger partial charge < -0.3 is 4.90 Å². The molecule has 156 valence electrons. The first-order valence-corrected chi connectivity index (χ1v) is 12.1. The van der Waals surface area contributed by atoms with E-state index < -0.39 is 25.8 Å². The quantitative estimate of drug-likeness (QED) is 0.520. The number of sulfone groups is 1. The molecule has 0 bridgehead atoms. The third kappa shape index (κ3) is 4.42. The van der Waals surface area contributed by atoms with Gasteiger partial charge in [-0.1, -0.05) is 12.1 Å². The summed E-state index contributed by atoms with van der Waals surface area (Å²) in [7, 11) is -7.65. The minimum absolute atomic E-state index is 0.194.